The van der Waals surface area contributed by atoms with Gasteiger partial charge in [0.05, 0.1) is 10.0 Å². The molecule has 1 atom stereocenters. The predicted octanol–water partition coefficient (Wildman–Crippen LogP) is 5.86. The lowest BCUT2D eigenvalue weighted by Crippen LogP contribution is -2.31. The van der Waals surface area contributed by atoms with Gasteiger partial charge in [0.25, 0.3) is 0 Å². The van der Waals surface area contributed by atoms with Crippen LogP contribution in [-0.2, 0) is 0 Å². The molecule has 20 heavy (non-hydrogen) atoms. The molecule has 1 aliphatic rings. The summed E-state index contributed by atoms with van der Waals surface area (Å²) < 4.78 is 0. The average Bonchev–Trinajstić information content (AvgIpc) is 2.45. The molecule has 1 fully saturated rings. The van der Waals surface area contributed by atoms with Crippen LogP contribution >= 0.6 is 23.2 Å². The van der Waals surface area contributed by atoms with Crippen molar-refractivity contribution in [3.05, 3.63) is 33.8 Å². The molecule has 0 heterocycles. The number of nitrogens with one attached hydrogen (secondary N) is 1. The summed E-state index contributed by atoms with van der Waals surface area (Å²) >= 11 is 12.2. The van der Waals surface area contributed by atoms with Crippen molar-refractivity contribution in [2.45, 2.75) is 52.0 Å². The molecule has 1 nitrogen and oxygen atoms in total. The molecule has 0 amide bonds. The van der Waals surface area contributed by atoms with Gasteiger partial charge in [0, 0.05) is 6.04 Å². The highest BCUT2D eigenvalue weighted by molar-refractivity contribution is 6.42. The summed E-state index contributed by atoms with van der Waals surface area (Å²) in [6.07, 6.45) is 6.46. The molecule has 0 aliphatic heterocycles. The molecule has 0 saturated heterocycles. The summed E-state index contributed by atoms with van der Waals surface area (Å²) in [5, 5.41) is 5.02. The monoisotopic (exact) mass is 313 g/mol. The molecular formula is C17H25Cl2N. The zero-order chi connectivity index (χ0) is 14.5. The quantitative estimate of drug-likeness (QED) is 0.717. The maximum atomic E-state index is 6.19. The Labute approximate surface area is 133 Å². The third-order valence-corrected chi connectivity index (χ3v) is 5.19. The van der Waals surface area contributed by atoms with Crippen molar-refractivity contribution in [1.29, 1.82) is 0 Å². The van der Waals surface area contributed by atoms with Crippen LogP contribution in [-0.4, -0.2) is 6.54 Å². The van der Waals surface area contributed by atoms with Gasteiger partial charge in [-0.1, -0.05) is 56.0 Å². The topological polar surface area (TPSA) is 12.0 Å². The van der Waals surface area contributed by atoms with Gasteiger partial charge in [-0.05, 0) is 55.3 Å². The van der Waals surface area contributed by atoms with Crippen molar-refractivity contribution in [2.24, 2.45) is 11.8 Å². The lowest BCUT2D eigenvalue weighted by Gasteiger charge is -2.34. The first-order valence-electron chi connectivity index (χ1n) is 7.80. The Hall–Kier alpha value is -0.240. The minimum atomic E-state index is 0.414. The second-order valence-electron chi connectivity index (χ2n) is 6.13. The number of hydrogen-bond acceptors (Lipinski definition) is 1. The lowest BCUT2D eigenvalue weighted by molar-refractivity contribution is 0.231. The maximum Gasteiger partial charge on any atom is 0.0595 e. The van der Waals surface area contributed by atoms with Crippen LogP contribution in [0.3, 0.4) is 0 Å². The second kappa shape index (κ2) is 7.68. The first-order chi connectivity index (χ1) is 9.61. The van der Waals surface area contributed by atoms with Crippen LogP contribution in [0.2, 0.25) is 10.0 Å². The third-order valence-electron chi connectivity index (χ3n) is 4.45. The van der Waals surface area contributed by atoms with Crippen LogP contribution in [0.4, 0.5) is 0 Å². The van der Waals surface area contributed by atoms with Crippen molar-refractivity contribution in [1.82, 2.24) is 5.32 Å². The van der Waals surface area contributed by atoms with E-state index in [-0.39, 0.29) is 0 Å². The molecule has 0 radical (unpaired) electrons. The van der Waals surface area contributed by atoms with E-state index in [0.717, 1.165) is 24.8 Å². The van der Waals surface area contributed by atoms with Crippen molar-refractivity contribution in [3.8, 4) is 0 Å². The van der Waals surface area contributed by atoms with Gasteiger partial charge >= 0.3 is 0 Å². The van der Waals surface area contributed by atoms with Crippen LogP contribution in [0.5, 0.6) is 0 Å². The first kappa shape index (κ1) is 16.1. The van der Waals surface area contributed by atoms with Gasteiger partial charge in [-0.15, -0.1) is 0 Å². The molecule has 1 aromatic carbocycles. The molecule has 1 saturated carbocycles. The van der Waals surface area contributed by atoms with E-state index in [4.69, 9.17) is 23.2 Å². The van der Waals surface area contributed by atoms with Crippen molar-refractivity contribution in [2.75, 3.05) is 6.54 Å². The number of benzene rings is 1. The Morgan fingerprint density at radius 2 is 1.85 bits per heavy atom. The Bertz CT molecular complexity index is 425. The number of halogens is 2. The predicted molar refractivity (Wildman–Crippen MR) is 88.6 cm³/mol. The van der Waals surface area contributed by atoms with E-state index in [1.807, 2.05) is 12.1 Å². The molecule has 3 heteroatoms. The number of hydrogen-bond donors (Lipinski definition) is 1. The van der Waals surface area contributed by atoms with E-state index in [9.17, 15) is 0 Å². The first-order valence-corrected chi connectivity index (χ1v) is 8.55. The fourth-order valence-electron chi connectivity index (χ4n) is 3.18. The largest absolute Gasteiger partial charge is 0.310 e. The highest BCUT2D eigenvalue weighted by Crippen LogP contribution is 2.38. The van der Waals surface area contributed by atoms with Crippen LogP contribution in [0.25, 0.3) is 0 Å². The molecule has 1 N–H and O–H groups in total. The van der Waals surface area contributed by atoms with Crippen LogP contribution < -0.4 is 5.32 Å². The zero-order valence-corrected chi connectivity index (χ0v) is 14.0. The Morgan fingerprint density at radius 3 is 2.45 bits per heavy atom. The SMILES string of the molecule is CCCNC(c1ccc(Cl)c(Cl)c1)C1CCC(C)CC1. The smallest absolute Gasteiger partial charge is 0.0595 e. The number of rotatable bonds is 5. The molecule has 0 aromatic heterocycles. The highest BCUT2D eigenvalue weighted by Gasteiger charge is 2.27. The molecule has 1 unspecified atom stereocenters. The van der Waals surface area contributed by atoms with Crippen molar-refractivity contribution < 1.29 is 0 Å². The highest BCUT2D eigenvalue weighted by atomic mass is 35.5. The summed E-state index contributed by atoms with van der Waals surface area (Å²) in [7, 11) is 0. The molecule has 0 spiro atoms. The van der Waals surface area contributed by atoms with Crippen molar-refractivity contribution >= 4 is 23.2 Å². The van der Waals surface area contributed by atoms with Gasteiger partial charge in [-0.25, -0.2) is 0 Å². The van der Waals surface area contributed by atoms with Crippen LogP contribution in [0, 0.1) is 11.8 Å². The fraction of sp³-hybridized carbons (Fsp3) is 0.647. The van der Waals surface area contributed by atoms with Crippen LogP contribution in [0.15, 0.2) is 18.2 Å². The van der Waals surface area contributed by atoms with Gasteiger partial charge in [-0.3, -0.25) is 0 Å². The summed E-state index contributed by atoms with van der Waals surface area (Å²) in [6, 6.07) is 6.50. The van der Waals surface area contributed by atoms with E-state index >= 15 is 0 Å². The second-order valence-corrected chi connectivity index (χ2v) is 6.94. The molecule has 2 rings (SSSR count). The van der Waals surface area contributed by atoms with Gasteiger partial charge in [0.15, 0.2) is 0 Å². The van der Waals surface area contributed by atoms with Crippen molar-refractivity contribution in [3.63, 3.8) is 0 Å². The molecule has 1 aliphatic carbocycles. The normalized spacial score (nSPS) is 24.6. The summed E-state index contributed by atoms with van der Waals surface area (Å²) in [5.74, 6) is 1.60. The Morgan fingerprint density at radius 1 is 1.15 bits per heavy atom. The van der Waals surface area contributed by atoms with E-state index in [0.29, 0.717) is 16.1 Å². The zero-order valence-electron chi connectivity index (χ0n) is 12.5. The maximum absolute atomic E-state index is 6.19. The van der Waals surface area contributed by atoms with E-state index in [1.54, 1.807) is 0 Å². The Kier molecular flexibility index (Phi) is 6.20. The van der Waals surface area contributed by atoms with E-state index in [2.05, 4.69) is 25.2 Å². The van der Waals surface area contributed by atoms with Gasteiger partial charge in [0.1, 0.15) is 0 Å². The van der Waals surface area contributed by atoms with Gasteiger partial charge in [0.2, 0.25) is 0 Å². The molecular weight excluding hydrogens is 289 g/mol. The molecule has 112 valence electrons. The van der Waals surface area contributed by atoms with E-state index < -0.39 is 0 Å². The van der Waals surface area contributed by atoms with Crippen LogP contribution in [0.1, 0.15) is 57.6 Å². The minimum absolute atomic E-state index is 0.414. The summed E-state index contributed by atoms with van der Waals surface area (Å²) in [6.45, 7) is 5.63. The summed E-state index contributed by atoms with van der Waals surface area (Å²) in [4.78, 5) is 0. The standard InChI is InChI=1S/C17H25Cl2N/c1-3-10-20-17(13-6-4-12(2)5-7-13)14-8-9-15(18)16(19)11-14/h8-9,11-13,17,20H,3-7,10H2,1-2H3. The molecule has 0 bridgehead atoms. The fourth-order valence-corrected chi connectivity index (χ4v) is 3.49. The molecule has 1 aromatic rings. The van der Waals surface area contributed by atoms with E-state index in [1.165, 1.54) is 31.2 Å². The average molecular weight is 314 g/mol. The van der Waals surface area contributed by atoms with Gasteiger partial charge in [-0.2, -0.15) is 0 Å². The Balaban J connectivity index is 2.15. The summed E-state index contributed by atoms with van der Waals surface area (Å²) in [5.41, 5.74) is 1.28. The lowest BCUT2D eigenvalue weighted by atomic mass is 9.77. The van der Waals surface area contributed by atoms with Gasteiger partial charge < -0.3 is 5.32 Å². The third kappa shape index (κ3) is 4.13. The minimum Gasteiger partial charge on any atom is -0.310 e.